The van der Waals surface area contributed by atoms with Gasteiger partial charge in [-0.2, -0.15) is 9.97 Å². The lowest BCUT2D eigenvalue weighted by molar-refractivity contribution is -0.151. The Labute approximate surface area is 212 Å². The van der Waals surface area contributed by atoms with Crippen molar-refractivity contribution in [3.8, 4) is 0 Å². The minimum absolute atomic E-state index is 0.0860. The van der Waals surface area contributed by atoms with Gasteiger partial charge in [-0.25, -0.2) is 4.98 Å². The van der Waals surface area contributed by atoms with Crippen LogP contribution in [0.25, 0.3) is 11.0 Å². The highest BCUT2D eigenvalue weighted by molar-refractivity contribution is 5.90. The first-order chi connectivity index (χ1) is 17.3. The fourth-order valence-corrected chi connectivity index (χ4v) is 4.68. The number of aryl methyl sites for hydroxylation is 1. The summed E-state index contributed by atoms with van der Waals surface area (Å²) in [6.45, 7) is 7.42. The van der Waals surface area contributed by atoms with Crippen LogP contribution in [0.5, 0.6) is 0 Å². The van der Waals surface area contributed by atoms with E-state index in [-0.39, 0.29) is 24.1 Å². The van der Waals surface area contributed by atoms with E-state index in [1.165, 1.54) is 0 Å². The zero-order valence-corrected chi connectivity index (χ0v) is 21.4. The Morgan fingerprint density at radius 2 is 1.83 bits per heavy atom. The molecule has 4 rings (SSSR count). The van der Waals surface area contributed by atoms with Crippen molar-refractivity contribution < 1.29 is 9.53 Å². The molecular weight excluding hydrogens is 454 g/mol. The first kappa shape index (κ1) is 25.6. The molecule has 0 amide bonds. The lowest BCUT2D eigenvalue weighted by Gasteiger charge is -2.22. The maximum Gasteiger partial charge on any atom is 0.323 e. The van der Waals surface area contributed by atoms with Gasteiger partial charge in [0.2, 0.25) is 5.95 Å². The summed E-state index contributed by atoms with van der Waals surface area (Å²) in [4.78, 5) is 25.4. The van der Waals surface area contributed by atoms with E-state index in [1.807, 2.05) is 19.1 Å². The van der Waals surface area contributed by atoms with Gasteiger partial charge in [-0.3, -0.25) is 4.79 Å². The molecule has 1 aliphatic rings. The van der Waals surface area contributed by atoms with Gasteiger partial charge in [0.15, 0.2) is 5.65 Å². The molecule has 3 aromatic rings. The van der Waals surface area contributed by atoms with Crippen LogP contribution in [-0.2, 0) is 22.6 Å². The van der Waals surface area contributed by atoms with Crippen LogP contribution in [0.3, 0.4) is 0 Å². The third kappa shape index (κ3) is 6.40. The first-order valence-corrected chi connectivity index (χ1v) is 12.7. The molecule has 0 spiro atoms. The third-order valence-electron chi connectivity index (χ3n) is 6.70. The van der Waals surface area contributed by atoms with Crippen LogP contribution < -0.4 is 22.1 Å². The van der Waals surface area contributed by atoms with Crippen molar-refractivity contribution in [3.63, 3.8) is 0 Å². The second kappa shape index (κ2) is 11.5. The zero-order valence-electron chi connectivity index (χ0n) is 21.4. The molecule has 1 aliphatic carbocycles. The van der Waals surface area contributed by atoms with E-state index in [4.69, 9.17) is 16.2 Å². The highest BCUT2D eigenvalue weighted by Crippen LogP contribution is 2.25. The Morgan fingerprint density at radius 3 is 2.53 bits per heavy atom. The number of carbonyl (C=O) groups excluding carboxylic acids is 1. The van der Waals surface area contributed by atoms with Gasteiger partial charge in [0.25, 0.3) is 0 Å². The van der Waals surface area contributed by atoms with Crippen molar-refractivity contribution >= 4 is 34.5 Å². The van der Waals surface area contributed by atoms with Crippen molar-refractivity contribution in [1.82, 2.24) is 20.3 Å². The van der Waals surface area contributed by atoms with E-state index in [0.717, 1.165) is 59.9 Å². The minimum atomic E-state index is -0.293. The number of nitrogens with two attached hydrogens (primary N) is 2. The number of pyridine rings is 1. The molecule has 6 N–H and O–H groups in total. The average Bonchev–Trinajstić information content (AvgIpc) is 3.34. The van der Waals surface area contributed by atoms with Gasteiger partial charge in [0.1, 0.15) is 18.0 Å². The summed E-state index contributed by atoms with van der Waals surface area (Å²) in [5.41, 5.74) is 16.3. The summed E-state index contributed by atoms with van der Waals surface area (Å²) in [5.74, 6) is 0.734. The molecule has 0 bridgehead atoms. The van der Waals surface area contributed by atoms with E-state index < -0.39 is 0 Å². The third-order valence-corrected chi connectivity index (χ3v) is 6.70. The number of hydrogen-bond acceptors (Lipinski definition) is 9. The SMILES string of the molecule is Cc1c(CNc2ccc(CN[C@@H](CC(C)C)C(=O)OC3CCCC3)cc2)cnc2nc(N)nc(N)c12. The van der Waals surface area contributed by atoms with Crippen LogP contribution in [0.1, 0.15) is 62.6 Å². The fraction of sp³-hybridized carbons (Fsp3) is 0.481. The fourth-order valence-electron chi connectivity index (χ4n) is 4.68. The molecule has 36 heavy (non-hydrogen) atoms. The lowest BCUT2D eigenvalue weighted by Crippen LogP contribution is -2.40. The lowest BCUT2D eigenvalue weighted by atomic mass is 10.0. The van der Waals surface area contributed by atoms with E-state index in [0.29, 0.717) is 30.5 Å². The van der Waals surface area contributed by atoms with E-state index in [9.17, 15) is 4.79 Å². The number of anilines is 3. The average molecular weight is 492 g/mol. The number of nitrogens with one attached hydrogen (secondary N) is 2. The van der Waals surface area contributed by atoms with Crippen molar-refractivity contribution in [2.24, 2.45) is 5.92 Å². The van der Waals surface area contributed by atoms with Crippen LogP contribution in [0, 0.1) is 12.8 Å². The molecular formula is C27H37N7O2. The largest absolute Gasteiger partial charge is 0.461 e. The van der Waals surface area contributed by atoms with Crippen molar-refractivity contribution in [2.45, 2.75) is 78.1 Å². The number of esters is 1. The summed E-state index contributed by atoms with van der Waals surface area (Å²) in [6, 6.07) is 7.90. The smallest absolute Gasteiger partial charge is 0.323 e. The predicted octanol–water partition coefficient (Wildman–Crippen LogP) is 4.10. The number of hydrogen-bond donors (Lipinski definition) is 4. The molecule has 1 aromatic carbocycles. The van der Waals surface area contributed by atoms with E-state index in [2.05, 4.69) is 51.6 Å². The molecule has 1 saturated carbocycles. The Morgan fingerprint density at radius 1 is 1.11 bits per heavy atom. The van der Waals surface area contributed by atoms with E-state index in [1.54, 1.807) is 6.20 Å². The van der Waals surface area contributed by atoms with Crippen molar-refractivity contribution in [3.05, 3.63) is 47.2 Å². The number of benzene rings is 1. The predicted molar refractivity (Wildman–Crippen MR) is 143 cm³/mol. The normalized spacial score (nSPS) is 14.9. The minimum Gasteiger partial charge on any atom is -0.461 e. The van der Waals surface area contributed by atoms with Gasteiger partial charge >= 0.3 is 5.97 Å². The zero-order chi connectivity index (χ0) is 25.7. The second-order valence-electron chi connectivity index (χ2n) is 10.0. The number of rotatable bonds is 10. The standard InChI is InChI=1S/C27H37N7O2/c1-16(2)12-22(26(35)36-21-6-4-5-7-21)31-13-18-8-10-20(11-9-18)30-14-19-15-32-25-23(17(19)3)24(28)33-27(29)34-25/h8-11,15-16,21-22,30-31H,4-7,12-14H2,1-3H3,(H4,28,29,32,33,34)/t22-/m0/s1. The van der Waals surface area contributed by atoms with Gasteiger partial charge < -0.3 is 26.8 Å². The van der Waals surface area contributed by atoms with Crippen LogP contribution in [-0.4, -0.2) is 33.1 Å². The number of fused-ring (bicyclic) bond motifs is 1. The molecule has 192 valence electrons. The van der Waals surface area contributed by atoms with Gasteiger partial charge in [-0.15, -0.1) is 0 Å². The number of aromatic nitrogens is 3. The van der Waals surface area contributed by atoms with Gasteiger partial charge in [-0.1, -0.05) is 26.0 Å². The molecule has 2 aromatic heterocycles. The van der Waals surface area contributed by atoms with E-state index >= 15 is 0 Å². The molecule has 1 atom stereocenters. The van der Waals surface area contributed by atoms with Crippen molar-refractivity contribution in [2.75, 3.05) is 16.8 Å². The highest BCUT2D eigenvalue weighted by atomic mass is 16.5. The van der Waals surface area contributed by atoms with Gasteiger partial charge in [-0.05, 0) is 73.8 Å². The molecule has 9 nitrogen and oxygen atoms in total. The topological polar surface area (TPSA) is 141 Å². The molecule has 0 unspecified atom stereocenters. The molecule has 9 heteroatoms. The van der Waals surface area contributed by atoms with Crippen LogP contribution in [0.15, 0.2) is 30.5 Å². The van der Waals surface area contributed by atoms with Crippen LogP contribution in [0.2, 0.25) is 0 Å². The number of nitrogen functional groups attached to an aromatic ring is 2. The number of ether oxygens (including phenoxy) is 1. The number of nitrogens with zero attached hydrogens (tertiary/aromatic N) is 3. The molecule has 2 heterocycles. The Kier molecular flexibility index (Phi) is 8.20. The summed E-state index contributed by atoms with van der Waals surface area (Å²) in [6.07, 6.45) is 6.90. The summed E-state index contributed by atoms with van der Waals surface area (Å²) >= 11 is 0. The summed E-state index contributed by atoms with van der Waals surface area (Å²) < 4.78 is 5.77. The maximum absolute atomic E-state index is 12.8. The molecule has 0 saturated heterocycles. The Hall–Kier alpha value is -3.46. The first-order valence-electron chi connectivity index (χ1n) is 12.7. The van der Waals surface area contributed by atoms with Gasteiger partial charge in [0, 0.05) is 25.0 Å². The Balaban J connectivity index is 1.34. The monoisotopic (exact) mass is 491 g/mol. The highest BCUT2D eigenvalue weighted by Gasteiger charge is 2.26. The van der Waals surface area contributed by atoms with Gasteiger partial charge in [0.05, 0.1) is 5.39 Å². The second-order valence-corrected chi connectivity index (χ2v) is 10.0. The number of carbonyl (C=O) groups is 1. The maximum atomic E-state index is 12.8. The van der Waals surface area contributed by atoms with Crippen LogP contribution in [0.4, 0.5) is 17.5 Å². The molecule has 1 fully saturated rings. The molecule has 0 radical (unpaired) electrons. The molecule has 0 aliphatic heterocycles. The quantitative estimate of drug-likeness (QED) is 0.308. The summed E-state index contributed by atoms with van der Waals surface area (Å²) in [5, 5.41) is 7.58. The Bertz CT molecular complexity index is 1190. The summed E-state index contributed by atoms with van der Waals surface area (Å²) in [7, 11) is 0. The van der Waals surface area contributed by atoms with Crippen molar-refractivity contribution in [1.29, 1.82) is 0 Å². The van der Waals surface area contributed by atoms with Crippen LogP contribution >= 0.6 is 0 Å².